The Hall–Kier alpha value is -3.19. The zero-order valence-electron chi connectivity index (χ0n) is 19.2. The van der Waals surface area contributed by atoms with Crippen molar-refractivity contribution in [2.75, 3.05) is 26.2 Å². The van der Waals surface area contributed by atoms with Gasteiger partial charge in [0.1, 0.15) is 6.54 Å². The third-order valence-electron chi connectivity index (χ3n) is 6.92. The summed E-state index contributed by atoms with van der Waals surface area (Å²) in [6.45, 7) is 6.03. The number of carbonyl (C=O) groups is 3. The molecule has 33 heavy (non-hydrogen) atoms. The minimum Gasteiger partial charge on any atom is -0.480 e. The second-order valence-corrected chi connectivity index (χ2v) is 9.21. The summed E-state index contributed by atoms with van der Waals surface area (Å²) in [6.07, 6.45) is 1.38. The molecule has 3 atom stereocenters. The lowest BCUT2D eigenvalue weighted by Crippen LogP contribution is -2.50. The third kappa shape index (κ3) is 6.20. The first-order valence-corrected chi connectivity index (χ1v) is 11.3. The van der Waals surface area contributed by atoms with E-state index < -0.39 is 18.5 Å². The van der Waals surface area contributed by atoms with Crippen LogP contribution >= 0.6 is 0 Å². The SMILES string of the molecule is C[C@H]1CN(C[C@@H](Cc2ccccc2)C(=O)NCC(=O)O)CC[C@@]1(C)c1cccc(C(=O)O)c1. The maximum Gasteiger partial charge on any atom is 0.335 e. The van der Waals surface area contributed by atoms with Crippen molar-refractivity contribution >= 4 is 17.8 Å². The molecular weight excluding hydrogens is 420 g/mol. The van der Waals surface area contributed by atoms with Gasteiger partial charge < -0.3 is 20.4 Å². The fourth-order valence-corrected chi connectivity index (χ4v) is 4.68. The molecule has 0 aliphatic carbocycles. The van der Waals surface area contributed by atoms with Crippen molar-refractivity contribution in [1.82, 2.24) is 10.2 Å². The maximum absolute atomic E-state index is 12.8. The molecule has 0 unspecified atom stereocenters. The number of piperidine rings is 1. The number of carboxylic acid groups (broad SMARTS) is 2. The van der Waals surface area contributed by atoms with Crippen molar-refractivity contribution in [2.24, 2.45) is 11.8 Å². The summed E-state index contributed by atoms with van der Waals surface area (Å²) in [5, 5.41) is 20.9. The summed E-state index contributed by atoms with van der Waals surface area (Å²) in [5.74, 6) is -2.36. The van der Waals surface area contributed by atoms with E-state index in [-0.39, 0.29) is 23.2 Å². The Balaban J connectivity index is 1.71. The normalized spacial score (nSPS) is 21.8. The van der Waals surface area contributed by atoms with Gasteiger partial charge in [-0.25, -0.2) is 4.79 Å². The van der Waals surface area contributed by atoms with E-state index in [9.17, 15) is 19.5 Å². The molecule has 1 amide bonds. The summed E-state index contributed by atoms with van der Waals surface area (Å²) in [7, 11) is 0. The van der Waals surface area contributed by atoms with Crippen LogP contribution in [0.1, 0.15) is 41.8 Å². The Kier molecular flexibility index (Phi) is 7.87. The first-order chi connectivity index (χ1) is 15.7. The van der Waals surface area contributed by atoms with Crippen LogP contribution in [-0.4, -0.2) is 59.1 Å². The Morgan fingerprint density at radius 1 is 1.12 bits per heavy atom. The first kappa shape index (κ1) is 24.5. The second kappa shape index (κ2) is 10.6. The van der Waals surface area contributed by atoms with Crippen LogP contribution in [-0.2, 0) is 21.4 Å². The van der Waals surface area contributed by atoms with E-state index in [1.54, 1.807) is 18.2 Å². The minimum atomic E-state index is -1.06. The first-order valence-electron chi connectivity index (χ1n) is 11.3. The van der Waals surface area contributed by atoms with E-state index in [0.717, 1.165) is 30.6 Å². The molecule has 2 aromatic rings. The van der Waals surface area contributed by atoms with Crippen molar-refractivity contribution in [1.29, 1.82) is 0 Å². The highest BCUT2D eigenvalue weighted by atomic mass is 16.4. The van der Waals surface area contributed by atoms with Crippen molar-refractivity contribution < 1.29 is 24.6 Å². The van der Waals surface area contributed by atoms with Crippen molar-refractivity contribution in [3.05, 3.63) is 71.3 Å². The van der Waals surface area contributed by atoms with Gasteiger partial charge in [0.05, 0.1) is 11.5 Å². The van der Waals surface area contributed by atoms with Gasteiger partial charge >= 0.3 is 11.9 Å². The summed E-state index contributed by atoms with van der Waals surface area (Å²) >= 11 is 0. The molecule has 1 aliphatic rings. The fraction of sp³-hybridized carbons (Fsp3) is 0.423. The van der Waals surface area contributed by atoms with E-state index >= 15 is 0 Å². The van der Waals surface area contributed by atoms with Gasteiger partial charge in [-0.2, -0.15) is 0 Å². The van der Waals surface area contributed by atoms with Gasteiger partial charge in [-0.05, 0) is 54.0 Å². The number of hydrogen-bond donors (Lipinski definition) is 3. The van der Waals surface area contributed by atoms with E-state index in [1.165, 1.54) is 0 Å². The number of aliphatic carboxylic acids is 1. The van der Waals surface area contributed by atoms with Crippen LogP contribution in [0.3, 0.4) is 0 Å². The van der Waals surface area contributed by atoms with E-state index in [0.29, 0.717) is 18.5 Å². The lowest BCUT2D eigenvalue weighted by atomic mass is 9.67. The maximum atomic E-state index is 12.8. The molecule has 0 radical (unpaired) electrons. The monoisotopic (exact) mass is 452 g/mol. The summed E-state index contributed by atoms with van der Waals surface area (Å²) in [4.78, 5) is 37.4. The van der Waals surface area contributed by atoms with Gasteiger partial charge in [-0.15, -0.1) is 0 Å². The molecule has 3 N–H and O–H groups in total. The third-order valence-corrected chi connectivity index (χ3v) is 6.92. The van der Waals surface area contributed by atoms with Crippen LogP contribution in [0.4, 0.5) is 0 Å². The number of rotatable bonds is 9. The van der Waals surface area contributed by atoms with E-state index in [1.807, 2.05) is 36.4 Å². The smallest absolute Gasteiger partial charge is 0.335 e. The van der Waals surface area contributed by atoms with Crippen LogP contribution in [0.15, 0.2) is 54.6 Å². The fourth-order valence-electron chi connectivity index (χ4n) is 4.68. The Morgan fingerprint density at radius 2 is 1.85 bits per heavy atom. The van der Waals surface area contributed by atoms with E-state index in [4.69, 9.17) is 5.11 Å². The number of likely N-dealkylation sites (tertiary alicyclic amines) is 1. The number of hydrogen-bond acceptors (Lipinski definition) is 4. The Bertz CT molecular complexity index is 993. The predicted octanol–water partition coefficient (Wildman–Crippen LogP) is 3.04. The van der Waals surface area contributed by atoms with Crippen LogP contribution in [0.2, 0.25) is 0 Å². The van der Waals surface area contributed by atoms with Crippen molar-refractivity contribution in [3.8, 4) is 0 Å². The average Bonchev–Trinajstić information content (AvgIpc) is 2.80. The number of nitrogens with zero attached hydrogens (tertiary/aromatic N) is 1. The van der Waals surface area contributed by atoms with E-state index in [2.05, 4.69) is 24.1 Å². The molecule has 0 spiro atoms. The van der Waals surface area contributed by atoms with Gasteiger partial charge in [-0.3, -0.25) is 9.59 Å². The zero-order chi connectivity index (χ0) is 24.0. The molecular formula is C26H32N2O5. The van der Waals surface area contributed by atoms with Crippen LogP contribution < -0.4 is 5.32 Å². The standard InChI is InChI=1S/C26H32N2O5/c1-18-16-28(12-11-26(18,2)22-10-6-9-20(14-22)25(32)33)17-21(24(31)27-15-23(29)30)13-19-7-4-3-5-8-19/h3-10,14,18,21H,11-13,15-17H2,1-2H3,(H,27,31)(H,29,30)(H,32,33)/t18-,21+,26+/m0/s1. The lowest BCUT2D eigenvalue weighted by Gasteiger charge is -2.46. The van der Waals surface area contributed by atoms with Gasteiger partial charge in [0.2, 0.25) is 5.91 Å². The number of aromatic carboxylic acids is 1. The summed E-state index contributed by atoms with van der Waals surface area (Å²) in [5.41, 5.74) is 2.19. The molecule has 0 saturated carbocycles. The highest BCUT2D eigenvalue weighted by Crippen LogP contribution is 2.39. The molecule has 1 fully saturated rings. The molecule has 2 aromatic carbocycles. The highest BCUT2D eigenvalue weighted by molar-refractivity contribution is 5.87. The average molecular weight is 453 g/mol. The van der Waals surface area contributed by atoms with Crippen molar-refractivity contribution in [2.45, 2.75) is 32.1 Å². The summed E-state index contributed by atoms with van der Waals surface area (Å²) in [6, 6.07) is 16.9. The number of carbonyl (C=O) groups excluding carboxylic acids is 1. The van der Waals surface area contributed by atoms with Crippen LogP contribution in [0, 0.1) is 11.8 Å². The zero-order valence-corrected chi connectivity index (χ0v) is 19.2. The molecule has 1 heterocycles. The van der Waals surface area contributed by atoms with Gasteiger partial charge in [0, 0.05) is 13.1 Å². The molecule has 1 aliphatic heterocycles. The Labute approximate surface area is 194 Å². The molecule has 7 nitrogen and oxygen atoms in total. The molecule has 0 aromatic heterocycles. The predicted molar refractivity (Wildman–Crippen MR) is 125 cm³/mol. The Morgan fingerprint density at radius 3 is 2.48 bits per heavy atom. The topological polar surface area (TPSA) is 107 Å². The number of carboxylic acids is 2. The molecule has 176 valence electrons. The van der Waals surface area contributed by atoms with Gasteiger partial charge in [-0.1, -0.05) is 56.3 Å². The molecule has 0 bridgehead atoms. The number of benzene rings is 2. The summed E-state index contributed by atoms with van der Waals surface area (Å²) < 4.78 is 0. The molecule has 7 heteroatoms. The lowest BCUT2D eigenvalue weighted by molar-refractivity contribution is -0.138. The van der Waals surface area contributed by atoms with Crippen LogP contribution in [0.25, 0.3) is 0 Å². The van der Waals surface area contributed by atoms with Crippen LogP contribution in [0.5, 0.6) is 0 Å². The number of nitrogens with one attached hydrogen (secondary N) is 1. The van der Waals surface area contributed by atoms with Crippen molar-refractivity contribution in [3.63, 3.8) is 0 Å². The molecule has 3 rings (SSSR count). The molecule has 1 saturated heterocycles. The minimum absolute atomic E-state index is 0.164. The highest BCUT2D eigenvalue weighted by Gasteiger charge is 2.39. The van der Waals surface area contributed by atoms with Gasteiger partial charge in [0.25, 0.3) is 0 Å². The largest absolute Gasteiger partial charge is 0.480 e. The number of amides is 1. The quantitative estimate of drug-likeness (QED) is 0.540. The van der Waals surface area contributed by atoms with Gasteiger partial charge in [0.15, 0.2) is 0 Å². The second-order valence-electron chi connectivity index (χ2n) is 9.21.